The van der Waals surface area contributed by atoms with Gasteiger partial charge in [0.1, 0.15) is 5.75 Å². The second kappa shape index (κ2) is 3.95. The van der Waals surface area contributed by atoms with Crippen LogP contribution in [-0.4, -0.2) is 20.1 Å². The zero-order chi connectivity index (χ0) is 10.8. The third-order valence-electron chi connectivity index (χ3n) is 1.77. The molecule has 1 aromatic rings. The molecule has 0 bridgehead atoms. The van der Waals surface area contributed by atoms with Crippen LogP contribution in [-0.2, 0) is 10.1 Å². The second-order valence-electron chi connectivity index (χ2n) is 2.71. The smallest absolute Gasteiger partial charge is 0.285 e. The summed E-state index contributed by atoms with van der Waals surface area (Å²) in [6.07, 6.45) is 0. The van der Waals surface area contributed by atoms with E-state index in [0.717, 1.165) is 0 Å². The third kappa shape index (κ3) is 2.44. The maximum atomic E-state index is 10.7. The van der Waals surface area contributed by atoms with Crippen LogP contribution in [0.3, 0.4) is 0 Å². The Morgan fingerprint density at radius 3 is 2.21 bits per heavy atom. The van der Waals surface area contributed by atoms with Gasteiger partial charge in [0, 0.05) is 0 Å². The fourth-order valence-electron chi connectivity index (χ4n) is 0.966. The van der Waals surface area contributed by atoms with Crippen LogP contribution in [0, 0.1) is 0 Å². The summed E-state index contributed by atoms with van der Waals surface area (Å²) in [7, 11) is -2.74. The van der Waals surface area contributed by atoms with Gasteiger partial charge in [0.2, 0.25) is 0 Å². The SMILES string of the molecule is COc1ccc(C(N)S(=O)(=O)O)cc1. The molecule has 0 saturated carbocycles. The number of rotatable bonds is 3. The quantitative estimate of drug-likeness (QED) is 0.721. The highest BCUT2D eigenvalue weighted by atomic mass is 32.2. The van der Waals surface area contributed by atoms with Crippen molar-refractivity contribution in [2.75, 3.05) is 7.11 Å². The van der Waals surface area contributed by atoms with Crippen LogP contribution in [0.5, 0.6) is 5.75 Å². The average molecular weight is 217 g/mol. The van der Waals surface area contributed by atoms with E-state index >= 15 is 0 Å². The molecule has 5 nitrogen and oxygen atoms in total. The minimum absolute atomic E-state index is 0.313. The first-order valence-electron chi connectivity index (χ1n) is 3.81. The molecule has 1 aromatic carbocycles. The van der Waals surface area contributed by atoms with Gasteiger partial charge in [-0.15, -0.1) is 0 Å². The van der Waals surface area contributed by atoms with Gasteiger partial charge in [0.15, 0.2) is 5.37 Å². The Kier molecular flexibility index (Phi) is 3.10. The lowest BCUT2D eigenvalue weighted by Crippen LogP contribution is -2.20. The molecular weight excluding hydrogens is 206 g/mol. The zero-order valence-corrected chi connectivity index (χ0v) is 8.36. The number of hydrogen-bond acceptors (Lipinski definition) is 4. The van der Waals surface area contributed by atoms with E-state index in [0.29, 0.717) is 11.3 Å². The first-order valence-corrected chi connectivity index (χ1v) is 5.31. The summed E-state index contributed by atoms with van der Waals surface area (Å²) >= 11 is 0. The molecule has 0 aliphatic carbocycles. The minimum Gasteiger partial charge on any atom is -0.497 e. The molecule has 78 valence electrons. The number of hydrogen-bond donors (Lipinski definition) is 2. The standard InChI is InChI=1S/C8H11NO4S/c1-13-7-4-2-6(3-5-7)8(9)14(10,11)12/h2-5,8H,9H2,1H3,(H,10,11,12). The molecule has 0 saturated heterocycles. The van der Waals surface area contributed by atoms with Crippen LogP contribution in [0.4, 0.5) is 0 Å². The zero-order valence-electron chi connectivity index (χ0n) is 7.54. The lowest BCUT2D eigenvalue weighted by atomic mass is 10.2. The van der Waals surface area contributed by atoms with E-state index in [2.05, 4.69) is 0 Å². The molecule has 0 heterocycles. The summed E-state index contributed by atoms with van der Waals surface area (Å²) in [6, 6.07) is 6.11. The average Bonchev–Trinajstić information content (AvgIpc) is 2.15. The van der Waals surface area contributed by atoms with Gasteiger partial charge in [-0.3, -0.25) is 4.55 Å². The van der Waals surface area contributed by atoms with Gasteiger partial charge in [0.05, 0.1) is 7.11 Å². The first-order chi connectivity index (χ1) is 6.45. The lowest BCUT2D eigenvalue weighted by molar-refractivity contribution is 0.414. The molecule has 0 spiro atoms. The molecule has 14 heavy (non-hydrogen) atoms. The van der Waals surface area contributed by atoms with Crippen LogP contribution in [0.1, 0.15) is 10.9 Å². The van der Waals surface area contributed by atoms with Crippen molar-refractivity contribution in [3.8, 4) is 5.75 Å². The second-order valence-corrected chi connectivity index (χ2v) is 4.25. The van der Waals surface area contributed by atoms with Crippen LogP contribution >= 0.6 is 0 Å². The fraction of sp³-hybridized carbons (Fsp3) is 0.250. The minimum atomic E-state index is -4.24. The maximum absolute atomic E-state index is 10.7. The van der Waals surface area contributed by atoms with E-state index in [9.17, 15) is 8.42 Å². The summed E-state index contributed by atoms with van der Waals surface area (Å²) in [6.45, 7) is 0. The summed E-state index contributed by atoms with van der Waals surface area (Å²) in [5, 5.41) is -1.41. The Hall–Kier alpha value is -1.11. The molecule has 1 unspecified atom stereocenters. The van der Waals surface area contributed by atoms with Crippen LogP contribution in [0.25, 0.3) is 0 Å². The molecule has 0 fully saturated rings. The Morgan fingerprint density at radius 1 is 1.36 bits per heavy atom. The molecule has 0 amide bonds. The molecule has 1 atom stereocenters. The highest BCUT2D eigenvalue weighted by Crippen LogP contribution is 2.18. The molecule has 3 N–H and O–H groups in total. The van der Waals surface area contributed by atoms with Gasteiger partial charge in [-0.25, -0.2) is 0 Å². The van der Waals surface area contributed by atoms with Crippen molar-refractivity contribution in [1.29, 1.82) is 0 Å². The highest BCUT2D eigenvalue weighted by molar-refractivity contribution is 7.86. The monoisotopic (exact) mass is 217 g/mol. The normalized spacial score (nSPS) is 13.6. The Morgan fingerprint density at radius 2 is 1.86 bits per heavy atom. The molecule has 6 heteroatoms. The van der Waals surface area contributed by atoms with E-state index in [1.54, 1.807) is 12.1 Å². The number of nitrogens with two attached hydrogens (primary N) is 1. The summed E-state index contributed by atoms with van der Waals surface area (Å²) in [5.74, 6) is 0.594. The van der Waals surface area contributed by atoms with Crippen molar-refractivity contribution < 1.29 is 17.7 Å². The Bertz CT molecular complexity index is 398. The molecular formula is C8H11NO4S. The van der Waals surface area contributed by atoms with Crippen molar-refractivity contribution in [3.63, 3.8) is 0 Å². The molecule has 0 aliphatic heterocycles. The summed E-state index contributed by atoms with van der Waals surface area (Å²) in [4.78, 5) is 0. The summed E-state index contributed by atoms with van der Waals surface area (Å²) in [5.41, 5.74) is 5.60. The van der Waals surface area contributed by atoms with Crippen molar-refractivity contribution in [3.05, 3.63) is 29.8 Å². The van der Waals surface area contributed by atoms with Gasteiger partial charge in [-0.05, 0) is 17.7 Å². The van der Waals surface area contributed by atoms with Gasteiger partial charge in [-0.1, -0.05) is 12.1 Å². The summed E-state index contributed by atoms with van der Waals surface area (Å²) < 4.78 is 34.9. The largest absolute Gasteiger partial charge is 0.497 e. The number of ether oxygens (including phenoxy) is 1. The Labute approximate surface area is 82.2 Å². The first kappa shape index (κ1) is 11.0. The third-order valence-corrected chi connectivity index (χ3v) is 2.68. The topological polar surface area (TPSA) is 89.6 Å². The molecule has 1 rings (SSSR count). The lowest BCUT2D eigenvalue weighted by Gasteiger charge is -2.08. The molecule has 0 aromatic heterocycles. The van der Waals surface area contributed by atoms with Crippen LogP contribution < -0.4 is 10.5 Å². The Balaban J connectivity index is 2.98. The fourth-order valence-corrected chi connectivity index (χ4v) is 1.47. The molecule has 0 aliphatic rings. The van der Waals surface area contributed by atoms with Gasteiger partial charge in [0.25, 0.3) is 10.1 Å². The predicted molar refractivity (Wildman–Crippen MR) is 51.5 cm³/mol. The van der Waals surface area contributed by atoms with E-state index in [-0.39, 0.29) is 0 Å². The van der Waals surface area contributed by atoms with Gasteiger partial charge >= 0.3 is 0 Å². The highest BCUT2D eigenvalue weighted by Gasteiger charge is 2.19. The van der Waals surface area contributed by atoms with E-state index in [1.807, 2.05) is 0 Å². The number of methoxy groups -OCH3 is 1. The van der Waals surface area contributed by atoms with Crippen LogP contribution in [0.15, 0.2) is 24.3 Å². The number of benzene rings is 1. The van der Waals surface area contributed by atoms with Crippen molar-refractivity contribution in [2.24, 2.45) is 5.73 Å². The van der Waals surface area contributed by atoms with E-state index < -0.39 is 15.5 Å². The van der Waals surface area contributed by atoms with E-state index in [1.165, 1.54) is 19.2 Å². The van der Waals surface area contributed by atoms with Crippen molar-refractivity contribution in [2.45, 2.75) is 5.37 Å². The predicted octanol–water partition coefficient (Wildman–Crippen LogP) is 0.540. The van der Waals surface area contributed by atoms with Crippen molar-refractivity contribution in [1.82, 2.24) is 0 Å². The molecule has 0 radical (unpaired) electrons. The van der Waals surface area contributed by atoms with Crippen molar-refractivity contribution >= 4 is 10.1 Å². The van der Waals surface area contributed by atoms with Crippen LogP contribution in [0.2, 0.25) is 0 Å². The maximum Gasteiger partial charge on any atom is 0.285 e. The van der Waals surface area contributed by atoms with Gasteiger partial charge < -0.3 is 10.5 Å². The van der Waals surface area contributed by atoms with E-state index in [4.69, 9.17) is 15.0 Å². The van der Waals surface area contributed by atoms with Gasteiger partial charge in [-0.2, -0.15) is 8.42 Å².